The summed E-state index contributed by atoms with van der Waals surface area (Å²) < 4.78 is 0.464. The van der Waals surface area contributed by atoms with Gasteiger partial charge in [-0.1, -0.05) is 34.6 Å². The van der Waals surface area contributed by atoms with Gasteiger partial charge in [-0.2, -0.15) is 11.8 Å². The van der Waals surface area contributed by atoms with Gasteiger partial charge in [-0.05, 0) is 31.8 Å². The van der Waals surface area contributed by atoms with Crippen LogP contribution >= 0.6 is 11.8 Å². The zero-order valence-corrected chi connectivity index (χ0v) is 14.0. The minimum Gasteiger partial charge on any atom is -0.314 e. The predicted octanol–water partition coefficient (Wildman–Crippen LogP) is 3.23. The van der Waals surface area contributed by atoms with Gasteiger partial charge in [0.2, 0.25) is 0 Å². The topological polar surface area (TPSA) is 15.3 Å². The van der Waals surface area contributed by atoms with E-state index in [2.05, 4.69) is 63.5 Å². The first-order valence-corrected chi connectivity index (χ1v) is 8.35. The third-order valence-electron chi connectivity index (χ3n) is 4.24. The molecule has 1 unspecified atom stereocenters. The molecule has 0 saturated carbocycles. The normalized spacial score (nSPS) is 23.7. The number of hydrogen-bond acceptors (Lipinski definition) is 3. The third kappa shape index (κ3) is 5.10. The highest BCUT2D eigenvalue weighted by molar-refractivity contribution is 8.00. The molecule has 1 saturated heterocycles. The van der Waals surface area contributed by atoms with Gasteiger partial charge in [-0.15, -0.1) is 0 Å². The fourth-order valence-electron chi connectivity index (χ4n) is 2.52. The third-order valence-corrected chi connectivity index (χ3v) is 5.62. The summed E-state index contributed by atoms with van der Waals surface area (Å²) in [5.74, 6) is 1.28. The minimum atomic E-state index is 0.342. The Balaban J connectivity index is 2.51. The summed E-state index contributed by atoms with van der Waals surface area (Å²) in [4.78, 5) is 2.66. The fourth-order valence-corrected chi connectivity index (χ4v) is 3.65. The highest BCUT2D eigenvalue weighted by Gasteiger charge is 2.30. The Kier molecular flexibility index (Phi) is 6.01. The summed E-state index contributed by atoms with van der Waals surface area (Å²) in [5.41, 5.74) is 0.342. The molecular formula is C15H32N2S. The molecule has 1 heterocycles. The molecule has 0 bridgehead atoms. The summed E-state index contributed by atoms with van der Waals surface area (Å²) in [6.07, 6.45) is 1.31. The molecule has 1 N–H and O–H groups in total. The molecule has 3 heteroatoms. The Morgan fingerprint density at radius 3 is 2.61 bits per heavy atom. The molecule has 0 radical (unpaired) electrons. The van der Waals surface area contributed by atoms with Gasteiger partial charge in [0.15, 0.2) is 0 Å². The van der Waals surface area contributed by atoms with Crippen LogP contribution in [0.4, 0.5) is 0 Å². The Morgan fingerprint density at radius 1 is 1.33 bits per heavy atom. The van der Waals surface area contributed by atoms with Crippen molar-refractivity contribution in [3.8, 4) is 0 Å². The molecule has 0 spiro atoms. The molecule has 108 valence electrons. The number of thioether (sulfide) groups is 1. The van der Waals surface area contributed by atoms with Crippen LogP contribution < -0.4 is 5.32 Å². The van der Waals surface area contributed by atoms with Crippen molar-refractivity contribution in [3.63, 3.8) is 0 Å². The maximum Gasteiger partial charge on any atom is 0.0116 e. The SMILES string of the molecule is CCNC(C)C(C)(C)CN1CCSC(C)(C)CC1. The van der Waals surface area contributed by atoms with E-state index in [0.717, 1.165) is 6.54 Å². The lowest BCUT2D eigenvalue weighted by atomic mass is 9.84. The molecule has 0 aliphatic carbocycles. The molecule has 18 heavy (non-hydrogen) atoms. The Morgan fingerprint density at radius 2 is 2.00 bits per heavy atom. The van der Waals surface area contributed by atoms with Gasteiger partial charge in [0.05, 0.1) is 0 Å². The number of rotatable bonds is 5. The van der Waals surface area contributed by atoms with E-state index in [1.165, 1.54) is 31.8 Å². The smallest absolute Gasteiger partial charge is 0.0116 e. The zero-order chi connectivity index (χ0) is 13.8. The number of nitrogens with zero attached hydrogens (tertiary/aromatic N) is 1. The molecule has 0 amide bonds. The van der Waals surface area contributed by atoms with Gasteiger partial charge >= 0.3 is 0 Å². The molecular weight excluding hydrogens is 240 g/mol. The molecule has 0 aromatic carbocycles. The van der Waals surface area contributed by atoms with Gasteiger partial charge in [-0.3, -0.25) is 0 Å². The van der Waals surface area contributed by atoms with Crippen LogP contribution in [-0.2, 0) is 0 Å². The first-order valence-electron chi connectivity index (χ1n) is 7.36. The predicted molar refractivity (Wildman–Crippen MR) is 84.5 cm³/mol. The summed E-state index contributed by atoms with van der Waals surface area (Å²) >= 11 is 2.13. The summed E-state index contributed by atoms with van der Waals surface area (Å²) in [7, 11) is 0. The monoisotopic (exact) mass is 272 g/mol. The first kappa shape index (κ1) is 16.3. The summed E-state index contributed by atoms with van der Waals surface area (Å²) in [6.45, 7) is 18.8. The summed E-state index contributed by atoms with van der Waals surface area (Å²) in [6, 6.07) is 0.575. The lowest BCUT2D eigenvalue weighted by Crippen LogP contribution is -2.47. The maximum atomic E-state index is 3.58. The highest BCUT2D eigenvalue weighted by atomic mass is 32.2. The second-order valence-corrected chi connectivity index (χ2v) is 8.70. The minimum absolute atomic E-state index is 0.342. The largest absolute Gasteiger partial charge is 0.314 e. The van der Waals surface area contributed by atoms with Crippen LogP contribution in [0.15, 0.2) is 0 Å². The standard InChI is InChI=1S/C15H32N2S/c1-7-16-13(2)14(3,4)12-17-9-8-15(5,6)18-11-10-17/h13,16H,7-12H2,1-6H3. The highest BCUT2D eigenvalue weighted by Crippen LogP contribution is 2.32. The summed E-state index contributed by atoms with van der Waals surface area (Å²) in [5, 5.41) is 3.58. The van der Waals surface area contributed by atoms with Crippen molar-refractivity contribution in [2.24, 2.45) is 5.41 Å². The van der Waals surface area contributed by atoms with E-state index in [4.69, 9.17) is 0 Å². The van der Waals surface area contributed by atoms with Crippen LogP contribution in [0, 0.1) is 5.41 Å². The Labute approximate surface area is 118 Å². The van der Waals surface area contributed by atoms with Crippen LogP contribution in [0.2, 0.25) is 0 Å². The van der Waals surface area contributed by atoms with E-state index in [1.54, 1.807) is 0 Å². The van der Waals surface area contributed by atoms with E-state index in [9.17, 15) is 0 Å². The van der Waals surface area contributed by atoms with E-state index in [0.29, 0.717) is 16.2 Å². The molecule has 1 aliphatic rings. The molecule has 2 nitrogen and oxygen atoms in total. The lowest BCUT2D eigenvalue weighted by molar-refractivity contribution is 0.148. The average molecular weight is 273 g/mol. The average Bonchev–Trinajstić information content (AvgIpc) is 2.40. The Hall–Kier alpha value is 0.270. The van der Waals surface area contributed by atoms with Gasteiger partial charge in [0, 0.05) is 29.6 Å². The van der Waals surface area contributed by atoms with Gasteiger partial charge in [-0.25, -0.2) is 0 Å². The first-order chi connectivity index (χ1) is 8.27. The zero-order valence-electron chi connectivity index (χ0n) is 13.2. The molecule has 1 aliphatic heterocycles. The van der Waals surface area contributed by atoms with Crippen LogP contribution in [0.3, 0.4) is 0 Å². The number of nitrogens with one attached hydrogen (secondary N) is 1. The van der Waals surface area contributed by atoms with Gasteiger partial charge in [0.1, 0.15) is 0 Å². The number of hydrogen-bond donors (Lipinski definition) is 1. The van der Waals surface area contributed by atoms with E-state index in [1.807, 2.05) is 0 Å². The van der Waals surface area contributed by atoms with Crippen molar-refractivity contribution in [1.82, 2.24) is 10.2 Å². The maximum absolute atomic E-state index is 3.58. The van der Waals surface area contributed by atoms with Crippen molar-refractivity contribution in [1.29, 1.82) is 0 Å². The van der Waals surface area contributed by atoms with E-state index in [-0.39, 0.29) is 0 Å². The molecule has 0 aromatic heterocycles. The van der Waals surface area contributed by atoms with Crippen molar-refractivity contribution < 1.29 is 0 Å². The molecule has 1 fully saturated rings. The quantitative estimate of drug-likeness (QED) is 0.827. The second-order valence-electron chi connectivity index (χ2n) is 6.90. The van der Waals surface area contributed by atoms with E-state index >= 15 is 0 Å². The lowest BCUT2D eigenvalue weighted by Gasteiger charge is -2.37. The van der Waals surface area contributed by atoms with Crippen molar-refractivity contribution in [2.45, 2.75) is 58.8 Å². The van der Waals surface area contributed by atoms with Crippen LogP contribution in [0.1, 0.15) is 48.0 Å². The van der Waals surface area contributed by atoms with Gasteiger partial charge in [0.25, 0.3) is 0 Å². The Bertz CT molecular complexity index is 251. The molecule has 1 rings (SSSR count). The van der Waals surface area contributed by atoms with E-state index < -0.39 is 0 Å². The van der Waals surface area contributed by atoms with Crippen LogP contribution in [0.25, 0.3) is 0 Å². The van der Waals surface area contributed by atoms with Crippen LogP contribution in [-0.4, -0.2) is 47.6 Å². The van der Waals surface area contributed by atoms with Crippen molar-refractivity contribution >= 4 is 11.8 Å². The molecule has 0 aromatic rings. The van der Waals surface area contributed by atoms with Gasteiger partial charge < -0.3 is 10.2 Å². The van der Waals surface area contributed by atoms with Crippen LogP contribution in [0.5, 0.6) is 0 Å². The molecule has 1 atom stereocenters. The van der Waals surface area contributed by atoms with Crippen molar-refractivity contribution in [3.05, 3.63) is 0 Å². The van der Waals surface area contributed by atoms with Crippen molar-refractivity contribution in [2.75, 3.05) is 31.9 Å². The fraction of sp³-hybridized carbons (Fsp3) is 1.00. The second kappa shape index (κ2) is 6.62.